The number of imide groups is 1. The molecule has 128 valence electrons. The normalized spacial score (nSPS) is 14.2. The molecule has 1 N–H and O–H groups in total. The van der Waals surface area contributed by atoms with Gasteiger partial charge in [0, 0.05) is 12.2 Å². The Morgan fingerprint density at radius 3 is 2.20 bits per heavy atom. The van der Waals surface area contributed by atoms with E-state index in [0.29, 0.717) is 24.4 Å². The van der Waals surface area contributed by atoms with Crippen molar-refractivity contribution in [1.82, 2.24) is 4.90 Å². The van der Waals surface area contributed by atoms with Crippen molar-refractivity contribution in [3.63, 3.8) is 0 Å². The maximum absolute atomic E-state index is 12.7. The molecule has 5 nitrogen and oxygen atoms in total. The average Bonchev–Trinajstić information content (AvgIpc) is 2.87. The third-order valence-corrected chi connectivity index (χ3v) is 3.98. The number of anilines is 1. The fourth-order valence-electron chi connectivity index (χ4n) is 2.80. The van der Waals surface area contributed by atoms with Crippen molar-refractivity contribution < 1.29 is 14.3 Å². The summed E-state index contributed by atoms with van der Waals surface area (Å²) < 4.78 is 5.42. The van der Waals surface area contributed by atoms with Crippen LogP contribution < -0.4 is 10.1 Å². The Bertz CT molecular complexity index is 811. The maximum Gasteiger partial charge on any atom is 0.278 e. The molecule has 0 atom stereocenters. The number of carbonyl (C=O) groups excluding carboxylic acids is 2. The molecule has 0 radical (unpaired) electrons. The summed E-state index contributed by atoms with van der Waals surface area (Å²) in [5.74, 6) is 0.182. The Kier molecular flexibility index (Phi) is 4.84. The second-order valence-corrected chi connectivity index (χ2v) is 5.55. The fraction of sp³-hybridized carbons (Fsp3) is 0.200. The largest absolute Gasteiger partial charge is 0.494 e. The predicted molar refractivity (Wildman–Crippen MR) is 97.0 cm³/mol. The van der Waals surface area contributed by atoms with Gasteiger partial charge in [-0.1, -0.05) is 30.3 Å². The molecule has 2 amide bonds. The molecule has 0 bridgehead atoms. The standard InChI is InChI=1S/C20H20N2O3/c1-3-22-19(23)17(14-8-6-5-7-9-14)18(20(22)24)21-15-10-12-16(13-11-15)25-4-2/h5-13,21H,3-4H2,1-2H3. The van der Waals surface area contributed by atoms with Crippen LogP contribution in [0.4, 0.5) is 5.69 Å². The lowest BCUT2D eigenvalue weighted by Gasteiger charge is -2.12. The van der Waals surface area contributed by atoms with E-state index in [2.05, 4.69) is 5.32 Å². The average molecular weight is 336 g/mol. The highest BCUT2D eigenvalue weighted by Crippen LogP contribution is 2.30. The van der Waals surface area contributed by atoms with Gasteiger partial charge in [0.2, 0.25) is 0 Å². The number of rotatable bonds is 6. The minimum Gasteiger partial charge on any atom is -0.494 e. The van der Waals surface area contributed by atoms with Crippen LogP contribution in [0.2, 0.25) is 0 Å². The van der Waals surface area contributed by atoms with Gasteiger partial charge in [0.15, 0.2) is 0 Å². The number of amides is 2. The van der Waals surface area contributed by atoms with Crippen LogP contribution in [-0.4, -0.2) is 29.9 Å². The van der Waals surface area contributed by atoms with Crippen molar-refractivity contribution in [2.45, 2.75) is 13.8 Å². The van der Waals surface area contributed by atoms with Crippen LogP contribution in [-0.2, 0) is 9.59 Å². The van der Waals surface area contributed by atoms with E-state index in [0.717, 1.165) is 17.0 Å². The Balaban J connectivity index is 1.98. The zero-order valence-electron chi connectivity index (χ0n) is 14.3. The molecule has 0 aromatic heterocycles. The van der Waals surface area contributed by atoms with Gasteiger partial charge in [-0.15, -0.1) is 0 Å². The third kappa shape index (κ3) is 3.26. The molecule has 0 fully saturated rings. The zero-order chi connectivity index (χ0) is 17.8. The van der Waals surface area contributed by atoms with Crippen LogP contribution in [0.3, 0.4) is 0 Å². The number of hydrogen-bond donors (Lipinski definition) is 1. The second kappa shape index (κ2) is 7.21. The molecular weight excluding hydrogens is 316 g/mol. The lowest BCUT2D eigenvalue weighted by molar-refractivity contribution is -0.136. The topological polar surface area (TPSA) is 58.6 Å². The van der Waals surface area contributed by atoms with Crippen LogP contribution in [0.15, 0.2) is 60.3 Å². The molecule has 1 aliphatic heterocycles. The van der Waals surface area contributed by atoms with Gasteiger partial charge in [-0.25, -0.2) is 0 Å². The molecule has 2 aromatic rings. The number of benzene rings is 2. The summed E-state index contributed by atoms with van der Waals surface area (Å²) in [5.41, 5.74) is 2.17. The highest BCUT2D eigenvalue weighted by Gasteiger charge is 2.38. The van der Waals surface area contributed by atoms with Crippen LogP contribution in [0.25, 0.3) is 5.57 Å². The predicted octanol–water partition coefficient (Wildman–Crippen LogP) is 3.30. The molecule has 5 heteroatoms. The van der Waals surface area contributed by atoms with Crippen LogP contribution in [0.1, 0.15) is 19.4 Å². The van der Waals surface area contributed by atoms with E-state index in [-0.39, 0.29) is 11.8 Å². The van der Waals surface area contributed by atoms with Crippen molar-refractivity contribution in [2.75, 3.05) is 18.5 Å². The minimum atomic E-state index is -0.305. The van der Waals surface area contributed by atoms with Gasteiger partial charge >= 0.3 is 0 Å². The van der Waals surface area contributed by atoms with Crippen LogP contribution >= 0.6 is 0 Å². The molecular formula is C20H20N2O3. The van der Waals surface area contributed by atoms with Crippen LogP contribution in [0.5, 0.6) is 5.75 Å². The van der Waals surface area contributed by atoms with Gasteiger partial charge in [-0.05, 0) is 43.7 Å². The zero-order valence-corrected chi connectivity index (χ0v) is 14.3. The van der Waals surface area contributed by atoms with Gasteiger partial charge in [0.25, 0.3) is 11.8 Å². The van der Waals surface area contributed by atoms with Crippen molar-refractivity contribution in [1.29, 1.82) is 0 Å². The quantitative estimate of drug-likeness (QED) is 0.822. The van der Waals surface area contributed by atoms with Crippen molar-refractivity contribution in [3.05, 3.63) is 65.9 Å². The number of carbonyl (C=O) groups is 2. The van der Waals surface area contributed by atoms with E-state index in [9.17, 15) is 9.59 Å². The molecule has 0 unspecified atom stereocenters. The minimum absolute atomic E-state index is 0.271. The molecule has 3 rings (SSSR count). The smallest absolute Gasteiger partial charge is 0.278 e. The molecule has 2 aromatic carbocycles. The Morgan fingerprint density at radius 2 is 1.60 bits per heavy atom. The van der Waals surface area contributed by atoms with Gasteiger partial charge in [-0.3, -0.25) is 14.5 Å². The molecule has 0 spiro atoms. The first-order chi connectivity index (χ1) is 12.2. The Labute approximate surface area is 146 Å². The summed E-state index contributed by atoms with van der Waals surface area (Å²) in [7, 11) is 0. The molecule has 0 aliphatic carbocycles. The van der Waals surface area contributed by atoms with Crippen LogP contribution in [0, 0.1) is 0 Å². The van der Waals surface area contributed by atoms with Crippen molar-refractivity contribution in [2.24, 2.45) is 0 Å². The third-order valence-electron chi connectivity index (χ3n) is 3.98. The van der Waals surface area contributed by atoms with Crippen molar-refractivity contribution >= 4 is 23.1 Å². The lowest BCUT2D eigenvalue weighted by atomic mass is 10.0. The van der Waals surface area contributed by atoms with Gasteiger partial charge in [0.1, 0.15) is 11.4 Å². The second-order valence-electron chi connectivity index (χ2n) is 5.55. The number of ether oxygens (including phenoxy) is 1. The van der Waals surface area contributed by atoms with Crippen molar-refractivity contribution in [3.8, 4) is 5.75 Å². The lowest BCUT2D eigenvalue weighted by Crippen LogP contribution is -2.32. The van der Waals surface area contributed by atoms with E-state index >= 15 is 0 Å². The van der Waals surface area contributed by atoms with E-state index in [1.54, 1.807) is 6.92 Å². The van der Waals surface area contributed by atoms with Gasteiger partial charge in [0.05, 0.1) is 12.2 Å². The summed E-state index contributed by atoms with van der Waals surface area (Å²) in [6.07, 6.45) is 0. The summed E-state index contributed by atoms with van der Waals surface area (Å²) in [6.45, 7) is 4.64. The molecule has 25 heavy (non-hydrogen) atoms. The van der Waals surface area contributed by atoms with E-state index in [1.807, 2.05) is 61.5 Å². The highest BCUT2D eigenvalue weighted by molar-refractivity contribution is 6.36. The number of nitrogens with zero attached hydrogens (tertiary/aromatic N) is 1. The number of hydrogen-bond acceptors (Lipinski definition) is 4. The first kappa shape index (κ1) is 16.8. The number of nitrogens with one attached hydrogen (secondary N) is 1. The molecule has 1 aliphatic rings. The Morgan fingerprint density at radius 1 is 0.920 bits per heavy atom. The maximum atomic E-state index is 12.7. The van der Waals surface area contributed by atoms with E-state index in [1.165, 1.54) is 4.90 Å². The fourth-order valence-corrected chi connectivity index (χ4v) is 2.80. The summed E-state index contributed by atoms with van der Waals surface area (Å²) in [6, 6.07) is 16.6. The van der Waals surface area contributed by atoms with E-state index in [4.69, 9.17) is 4.74 Å². The summed E-state index contributed by atoms with van der Waals surface area (Å²) in [5, 5.41) is 3.12. The highest BCUT2D eigenvalue weighted by atomic mass is 16.5. The number of likely N-dealkylation sites (N-methyl/N-ethyl adjacent to an activating group) is 1. The van der Waals surface area contributed by atoms with Gasteiger partial charge in [-0.2, -0.15) is 0 Å². The molecule has 0 saturated carbocycles. The monoisotopic (exact) mass is 336 g/mol. The summed E-state index contributed by atoms with van der Waals surface area (Å²) in [4.78, 5) is 26.6. The first-order valence-electron chi connectivity index (χ1n) is 8.31. The van der Waals surface area contributed by atoms with Gasteiger partial charge < -0.3 is 10.1 Å². The van der Waals surface area contributed by atoms with E-state index < -0.39 is 0 Å². The summed E-state index contributed by atoms with van der Waals surface area (Å²) >= 11 is 0. The molecule has 1 heterocycles. The first-order valence-corrected chi connectivity index (χ1v) is 8.31. The SMILES string of the molecule is CCOc1ccc(NC2=C(c3ccccc3)C(=O)N(CC)C2=O)cc1. The molecule has 0 saturated heterocycles. The Hall–Kier alpha value is -3.08.